The van der Waals surface area contributed by atoms with Gasteiger partial charge in [-0.3, -0.25) is 4.90 Å². The number of nitrogens with zero attached hydrogens (tertiary/aromatic N) is 2. The molecule has 0 bridgehead atoms. The zero-order chi connectivity index (χ0) is 20.8. The summed E-state index contributed by atoms with van der Waals surface area (Å²) in [6.07, 6.45) is 3.01. The number of likely N-dealkylation sites (tertiary alicyclic amines) is 1. The number of carbonyl (C=O) groups is 1. The molecule has 2 aromatic carbocycles. The Kier molecular flexibility index (Phi) is 6.84. The minimum atomic E-state index is -0.210. The van der Waals surface area contributed by atoms with Gasteiger partial charge in [-0.1, -0.05) is 30.3 Å². The maximum absolute atomic E-state index is 13.1. The molecule has 2 aromatic rings. The molecule has 2 aliphatic rings. The highest BCUT2D eigenvalue weighted by Gasteiger charge is 2.24. The van der Waals surface area contributed by atoms with Gasteiger partial charge in [0, 0.05) is 51.0 Å². The highest BCUT2D eigenvalue weighted by molar-refractivity contribution is 5.74. The molecule has 160 valence electrons. The van der Waals surface area contributed by atoms with Gasteiger partial charge in [0.05, 0.1) is 0 Å². The van der Waals surface area contributed by atoms with E-state index in [0.29, 0.717) is 12.5 Å². The van der Waals surface area contributed by atoms with Crippen molar-refractivity contribution in [1.29, 1.82) is 0 Å². The Morgan fingerprint density at radius 1 is 0.967 bits per heavy atom. The molecule has 0 aliphatic carbocycles. The van der Waals surface area contributed by atoms with Crippen LogP contribution in [0.15, 0.2) is 54.6 Å². The van der Waals surface area contributed by atoms with E-state index in [0.717, 1.165) is 57.7 Å². The summed E-state index contributed by atoms with van der Waals surface area (Å²) in [7, 11) is 0. The first-order valence-corrected chi connectivity index (χ1v) is 11.0. The molecule has 0 radical (unpaired) electrons. The molecule has 0 saturated carbocycles. The van der Waals surface area contributed by atoms with E-state index < -0.39 is 0 Å². The van der Waals surface area contributed by atoms with Gasteiger partial charge < -0.3 is 15.5 Å². The number of piperidine rings is 1. The van der Waals surface area contributed by atoms with Crippen LogP contribution >= 0.6 is 0 Å². The molecule has 0 spiro atoms. The SMILES string of the molecule is O=C(NC[C@@H]1CCN(c2ccc(F)cc2)C1)NC1CCN(Cc2ccccc2)CC1. The second kappa shape index (κ2) is 9.94. The zero-order valence-electron chi connectivity index (χ0n) is 17.4. The number of benzene rings is 2. The molecule has 5 nitrogen and oxygen atoms in total. The number of halogens is 1. The smallest absolute Gasteiger partial charge is 0.315 e. The Hall–Kier alpha value is -2.60. The molecule has 2 aliphatic heterocycles. The van der Waals surface area contributed by atoms with Crippen LogP contribution in [0.2, 0.25) is 0 Å². The molecule has 2 N–H and O–H groups in total. The fourth-order valence-corrected chi connectivity index (χ4v) is 4.44. The Balaban J connectivity index is 1.13. The number of nitrogens with one attached hydrogen (secondary N) is 2. The number of rotatable bonds is 6. The highest BCUT2D eigenvalue weighted by Crippen LogP contribution is 2.23. The lowest BCUT2D eigenvalue weighted by molar-refractivity contribution is 0.186. The molecular weight excluding hydrogens is 379 g/mol. The molecule has 6 heteroatoms. The van der Waals surface area contributed by atoms with Crippen molar-refractivity contribution in [2.45, 2.75) is 31.8 Å². The summed E-state index contributed by atoms with van der Waals surface area (Å²) in [6, 6.07) is 17.4. The minimum Gasteiger partial charge on any atom is -0.371 e. The topological polar surface area (TPSA) is 47.6 Å². The Morgan fingerprint density at radius 2 is 1.70 bits per heavy atom. The third-order valence-corrected chi connectivity index (χ3v) is 6.20. The maximum atomic E-state index is 13.1. The second-order valence-electron chi connectivity index (χ2n) is 8.47. The van der Waals surface area contributed by atoms with E-state index in [9.17, 15) is 9.18 Å². The molecule has 0 unspecified atom stereocenters. The van der Waals surface area contributed by atoms with Gasteiger partial charge in [-0.2, -0.15) is 0 Å². The number of anilines is 1. The minimum absolute atomic E-state index is 0.0586. The van der Waals surface area contributed by atoms with Crippen molar-refractivity contribution in [2.75, 3.05) is 37.6 Å². The molecule has 2 saturated heterocycles. The van der Waals surface area contributed by atoms with Gasteiger partial charge in [0.2, 0.25) is 0 Å². The molecule has 2 amide bonds. The lowest BCUT2D eigenvalue weighted by atomic mass is 10.0. The van der Waals surface area contributed by atoms with E-state index >= 15 is 0 Å². The number of amides is 2. The Bertz CT molecular complexity index is 806. The number of hydrogen-bond donors (Lipinski definition) is 2. The van der Waals surface area contributed by atoms with E-state index in [1.807, 2.05) is 18.2 Å². The van der Waals surface area contributed by atoms with Crippen LogP contribution in [0.25, 0.3) is 0 Å². The quantitative estimate of drug-likeness (QED) is 0.765. The molecule has 1 atom stereocenters. The van der Waals surface area contributed by atoms with Crippen molar-refractivity contribution < 1.29 is 9.18 Å². The van der Waals surface area contributed by atoms with Crippen LogP contribution in [0, 0.1) is 11.7 Å². The summed E-state index contributed by atoms with van der Waals surface area (Å²) in [5.41, 5.74) is 2.39. The third-order valence-electron chi connectivity index (χ3n) is 6.20. The third kappa shape index (κ3) is 5.72. The van der Waals surface area contributed by atoms with Crippen LogP contribution in [0.4, 0.5) is 14.9 Å². The summed E-state index contributed by atoms with van der Waals surface area (Å²) < 4.78 is 13.1. The predicted octanol–water partition coefficient (Wildman–Crippen LogP) is 3.62. The molecule has 4 rings (SSSR count). The standard InChI is InChI=1S/C24H31FN4O/c25-21-6-8-23(9-7-21)29-15-10-20(18-29)16-26-24(30)27-22-11-13-28(14-12-22)17-19-4-2-1-3-5-19/h1-9,20,22H,10-18H2,(H2,26,27,30)/t20-/m0/s1. The van der Waals surface area contributed by atoms with Crippen LogP contribution in [-0.2, 0) is 6.54 Å². The Morgan fingerprint density at radius 3 is 2.43 bits per heavy atom. The maximum Gasteiger partial charge on any atom is 0.315 e. The summed E-state index contributed by atoms with van der Waals surface area (Å²) in [5, 5.41) is 6.20. The van der Waals surface area contributed by atoms with Crippen LogP contribution in [0.5, 0.6) is 0 Å². The molecule has 30 heavy (non-hydrogen) atoms. The van der Waals surface area contributed by atoms with E-state index in [1.165, 1.54) is 17.7 Å². The van der Waals surface area contributed by atoms with Crippen molar-refractivity contribution >= 4 is 11.7 Å². The first-order valence-electron chi connectivity index (χ1n) is 11.0. The van der Waals surface area contributed by atoms with Crippen molar-refractivity contribution in [2.24, 2.45) is 5.92 Å². The van der Waals surface area contributed by atoms with E-state index in [4.69, 9.17) is 0 Å². The van der Waals surface area contributed by atoms with Gasteiger partial charge in [-0.25, -0.2) is 9.18 Å². The monoisotopic (exact) mass is 410 g/mol. The average molecular weight is 411 g/mol. The number of carbonyl (C=O) groups excluding carboxylic acids is 1. The van der Waals surface area contributed by atoms with Gasteiger partial charge in [0.1, 0.15) is 5.82 Å². The predicted molar refractivity (Wildman–Crippen MR) is 118 cm³/mol. The van der Waals surface area contributed by atoms with Crippen LogP contribution in [0.1, 0.15) is 24.8 Å². The fourth-order valence-electron chi connectivity index (χ4n) is 4.44. The average Bonchev–Trinajstić information content (AvgIpc) is 3.24. The molecule has 2 heterocycles. The van der Waals surface area contributed by atoms with Crippen molar-refractivity contribution in [3.8, 4) is 0 Å². The summed E-state index contributed by atoms with van der Waals surface area (Å²) in [4.78, 5) is 17.0. The van der Waals surface area contributed by atoms with Crippen molar-refractivity contribution in [3.63, 3.8) is 0 Å². The molecular formula is C24H31FN4O. The normalized spacial score (nSPS) is 20.3. The molecule has 0 aromatic heterocycles. The highest BCUT2D eigenvalue weighted by atomic mass is 19.1. The van der Waals surface area contributed by atoms with Gasteiger partial charge in [-0.15, -0.1) is 0 Å². The van der Waals surface area contributed by atoms with Crippen LogP contribution in [-0.4, -0.2) is 49.7 Å². The zero-order valence-corrected chi connectivity index (χ0v) is 17.4. The number of hydrogen-bond acceptors (Lipinski definition) is 3. The largest absolute Gasteiger partial charge is 0.371 e. The fraction of sp³-hybridized carbons (Fsp3) is 0.458. The van der Waals surface area contributed by atoms with E-state index in [2.05, 4.69) is 44.7 Å². The van der Waals surface area contributed by atoms with Gasteiger partial charge in [0.25, 0.3) is 0 Å². The first kappa shape index (κ1) is 20.7. The van der Waals surface area contributed by atoms with Crippen LogP contribution in [0.3, 0.4) is 0 Å². The molecule has 2 fully saturated rings. The Labute approximate surface area is 178 Å². The summed E-state index contributed by atoms with van der Waals surface area (Å²) in [5.74, 6) is 0.215. The second-order valence-corrected chi connectivity index (χ2v) is 8.47. The van der Waals surface area contributed by atoms with Crippen molar-refractivity contribution in [3.05, 3.63) is 66.0 Å². The van der Waals surface area contributed by atoms with E-state index in [-0.39, 0.29) is 17.9 Å². The van der Waals surface area contributed by atoms with Crippen LogP contribution < -0.4 is 15.5 Å². The van der Waals surface area contributed by atoms with Gasteiger partial charge in [-0.05, 0) is 55.0 Å². The lowest BCUT2D eigenvalue weighted by Gasteiger charge is -2.32. The summed E-state index contributed by atoms with van der Waals surface area (Å²) >= 11 is 0. The first-order chi connectivity index (χ1) is 14.7. The van der Waals surface area contributed by atoms with Gasteiger partial charge >= 0.3 is 6.03 Å². The van der Waals surface area contributed by atoms with Crippen molar-refractivity contribution in [1.82, 2.24) is 15.5 Å². The summed E-state index contributed by atoms with van der Waals surface area (Å²) in [6.45, 7) is 5.51. The lowest BCUT2D eigenvalue weighted by Crippen LogP contribution is -2.48. The van der Waals surface area contributed by atoms with Gasteiger partial charge in [0.15, 0.2) is 0 Å². The number of urea groups is 1. The van der Waals surface area contributed by atoms with E-state index in [1.54, 1.807) is 0 Å².